The predicted molar refractivity (Wildman–Crippen MR) is 114 cm³/mol. The van der Waals surface area contributed by atoms with E-state index in [9.17, 15) is 14.7 Å². The SMILES string of the molecule is CCN(CC)c1ccc(/C=C2\SC(=O)N(Cc3cccc(C)c3)C2=O)c(O)c1. The lowest BCUT2D eigenvalue weighted by molar-refractivity contribution is -0.123. The summed E-state index contributed by atoms with van der Waals surface area (Å²) in [6.45, 7) is 8.01. The Morgan fingerprint density at radius 1 is 1.11 bits per heavy atom. The number of hydrogen-bond donors (Lipinski definition) is 1. The van der Waals surface area contributed by atoms with Crippen LogP contribution in [0.3, 0.4) is 0 Å². The first kappa shape index (κ1) is 20.0. The van der Waals surface area contributed by atoms with E-state index in [2.05, 4.69) is 18.7 Å². The normalized spacial score (nSPS) is 15.5. The van der Waals surface area contributed by atoms with Gasteiger partial charge in [0, 0.05) is 30.4 Å². The minimum absolute atomic E-state index is 0.0925. The van der Waals surface area contributed by atoms with Crippen molar-refractivity contribution in [1.82, 2.24) is 4.90 Å². The van der Waals surface area contributed by atoms with Crippen LogP contribution in [-0.2, 0) is 11.3 Å². The molecular formula is C22H24N2O3S. The molecule has 0 aliphatic carbocycles. The molecule has 2 amide bonds. The largest absolute Gasteiger partial charge is 0.507 e. The molecule has 1 saturated heterocycles. The van der Waals surface area contributed by atoms with E-state index in [1.165, 1.54) is 4.90 Å². The molecule has 1 N–H and O–H groups in total. The van der Waals surface area contributed by atoms with Crippen LogP contribution in [-0.4, -0.2) is 34.2 Å². The summed E-state index contributed by atoms with van der Waals surface area (Å²) in [4.78, 5) is 28.7. The van der Waals surface area contributed by atoms with E-state index in [0.29, 0.717) is 10.5 Å². The van der Waals surface area contributed by atoms with Gasteiger partial charge in [-0.05, 0) is 56.3 Å². The average Bonchev–Trinajstić information content (AvgIpc) is 2.92. The van der Waals surface area contributed by atoms with Crippen LogP contribution in [0.1, 0.15) is 30.5 Å². The summed E-state index contributed by atoms with van der Waals surface area (Å²) in [6.07, 6.45) is 1.59. The van der Waals surface area contributed by atoms with Gasteiger partial charge in [0.25, 0.3) is 11.1 Å². The third-order valence-corrected chi connectivity index (χ3v) is 5.63. The number of imide groups is 1. The maximum absolute atomic E-state index is 12.7. The second kappa shape index (κ2) is 8.52. The number of aromatic hydroxyl groups is 1. The number of carbonyl (C=O) groups excluding carboxylic acids is 2. The number of thioether (sulfide) groups is 1. The number of aryl methyl sites for hydroxylation is 1. The van der Waals surface area contributed by atoms with Crippen LogP contribution in [0.25, 0.3) is 6.08 Å². The number of benzene rings is 2. The predicted octanol–water partition coefficient (Wildman–Crippen LogP) is 4.78. The average molecular weight is 397 g/mol. The van der Waals surface area contributed by atoms with Gasteiger partial charge in [-0.25, -0.2) is 0 Å². The number of nitrogens with zero attached hydrogens (tertiary/aromatic N) is 2. The molecule has 0 bridgehead atoms. The fourth-order valence-electron chi connectivity index (χ4n) is 3.21. The van der Waals surface area contributed by atoms with Gasteiger partial charge in [-0.3, -0.25) is 14.5 Å². The first-order valence-corrected chi connectivity index (χ1v) is 10.1. The van der Waals surface area contributed by atoms with E-state index in [4.69, 9.17) is 0 Å². The fourth-order valence-corrected chi connectivity index (χ4v) is 4.04. The maximum Gasteiger partial charge on any atom is 0.293 e. The van der Waals surface area contributed by atoms with E-state index in [0.717, 1.165) is 41.7 Å². The highest BCUT2D eigenvalue weighted by Crippen LogP contribution is 2.35. The van der Waals surface area contributed by atoms with E-state index in [-0.39, 0.29) is 23.4 Å². The Morgan fingerprint density at radius 3 is 2.50 bits per heavy atom. The molecule has 1 heterocycles. The number of phenolic OH excluding ortho intramolecular Hbond substituents is 1. The monoisotopic (exact) mass is 396 g/mol. The molecule has 0 aromatic heterocycles. The molecule has 0 atom stereocenters. The molecule has 0 unspecified atom stereocenters. The topological polar surface area (TPSA) is 60.9 Å². The smallest absolute Gasteiger partial charge is 0.293 e. The molecule has 2 aromatic carbocycles. The van der Waals surface area contributed by atoms with Gasteiger partial charge in [-0.2, -0.15) is 0 Å². The van der Waals surface area contributed by atoms with Crippen molar-refractivity contribution in [3.63, 3.8) is 0 Å². The minimum Gasteiger partial charge on any atom is -0.507 e. The number of amides is 2. The van der Waals surface area contributed by atoms with Crippen molar-refractivity contribution in [1.29, 1.82) is 0 Å². The highest BCUT2D eigenvalue weighted by atomic mass is 32.2. The van der Waals surface area contributed by atoms with Crippen molar-refractivity contribution in [2.75, 3.05) is 18.0 Å². The van der Waals surface area contributed by atoms with Crippen molar-refractivity contribution >= 4 is 34.7 Å². The highest BCUT2D eigenvalue weighted by molar-refractivity contribution is 8.18. The summed E-state index contributed by atoms with van der Waals surface area (Å²) >= 11 is 0.905. The van der Waals surface area contributed by atoms with Crippen LogP contribution in [0.2, 0.25) is 0 Å². The summed E-state index contributed by atoms with van der Waals surface area (Å²) in [5, 5.41) is 10.1. The van der Waals surface area contributed by atoms with Crippen LogP contribution < -0.4 is 4.90 Å². The molecule has 1 aliphatic heterocycles. The lowest BCUT2D eigenvalue weighted by Gasteiger charge is -2.21. The third kappa shape index (κ3) is 4.22. The van der Waals surface area contributed by atoms with E-state index >= 15 is 0 Å². The number of carbonyl (C=O) groups is 2. The molecular weight excluding hydrogens is 372 g/mol. The molecule has 1 fully saturated rings. The van der Waals surface area contributed by atoms with Crippen LogP contribution >= 0.6 is 11.8 Å². The molecule has 1 aliphatic rings. The van der Waals surface area contributed by atoms with Crippen molar-refractivity contribution in [3.8, 4) is 5.75 Å². The van der Waals surface area contributed by atoms with Gasteiger partial charge in [0.1, 0.15) is 5.75 Å². The van der Waals surface area contributed by atoms with Gasteiger partial charge in [0.2, 0.25) is 0 Å². The van der Waals surface area contributed by atoms with Gasteiger partial charge < -0.3 is 10.0 Å². The first-order chi connectivity index (χ1) is 13.4. The van der Waals surface area contributed by atoms with Crippen molar-refractivity contribution in [2.24, 2.45) is 0 Å². The molecule has 0 spiro atoms. The molecule has 2 aromatic rings. The summed E-state index contributed by atoms with van der Waals surface area (Å²) < 4.78 is 0. The number of rotatable bonds is 6. The van der Waals surface area contributed by atoms with Gasteiger partial charge in [0.15, 0.2) is 0 Å². The second-order valence-electron chi connectivity index (χ2n) is 6.67. The molecule has 3 rings (SSSR count). The Bertz CT molecular complexity index is 935. The van der Waals surface area contributed by atoms with Gasteiger partial charge in [0.05, 0.1) is 11.4 Å². The Balaban J connectivity index is 1.81. The lowest BCUT2D eigenvalue weighted by atomic mass is 10.1. The second-order valence-corrected chi connectivity index (χ2v) is 7.67. The highest BCUT2D eigenvalue weighted by Gasteiger charge is 2.35. The Kier molecular flexibility index (Phi) is 6.09. The maximum atomic E-state index is 12.7. The molecule has 6 heteroatoms. The van der Waals surface area contributed by atoms with Gasteiger partial charge in [-0.1, -0.05) is 29.8 Å². The molecule has 5 nitrogen and oxygen atoms in total. The summed E-state index contributed by atoms with van der Waals surface area (Å²) in [5.74, 6) is -0.237. The molecule has 28 heavy (non-hydrogen) atoms. The molecule has 0 saturated carbocycles. The first-order valence-electron chi connectivity index (χ1n) is 9.31. The zero-order chi connectivity index (χ0) is 20.3. The standard InChI is InChI=1S/C22H24N2O3S/c1-4-23(5-2)18-10-9-17(19(25)13-18)12-20-21(26)24(22(27)28-20)14-16-8-6-7-15(3)11-16/h6-13,25H,4-5,14H2,1-3H3/b20-12-. The molecule has 0 radical (unpaired) electrons. The Hall–Kier alpha value is -2.73. The third-order valence-electron chi connectivity index (χ3n) is 4.73. The Morgan fingerprint density at radius 2 is 1.86 bits per heavy atom. The lowest BCUT2D eigenvalue weighted by Crippen LogP contribution is -2.27. The quantitative estimate of drug-likeness (QED) is 0.712. The van der Waals surface area contributed by atoms with Crippen molar-refractivity contribution in [2.45, 2.75) is 27.3 Å². The fraction of sp³-hybridized carbons (Fsp3) is 0.273. The number of anilines is 1. The van der Waals surface area contributed by atoms with E-state index in [1.807, 2.05) is 37.3 Å². The van der Waals surface area contributed by atoms with Crippen LogP contribution in [0.5, 0.6) is 5.75 Å². The zero-order valence-corrected chi connectivity index (χ0v) is 17.1. The molecule has 146 valence electrons. The van der Waals surface area contributed by atoms with Gasteiger partial charge in [-0.15, -0.1) is 0 Å². The van der Waals surface area contributed by atoms with Crippen LogP contribution in [0, 0.1) is 6.92 Å². The number of hydrogen-bond acceptors (Lipinski definition) is 5. The van der Waals surface area contributed by atoms with Crippen LogP contribution in [0.4, 0.5) is 10.5 Å². The summed E-state index contributed by atoms with van der Waals surface area (Å²) in [6, 6.07) is 13.1. The summed E-state index contributed by atoms with van der Waals surface area (Å²) in [7, 11) is 0. The zero-order valence-electron chi connectivity index (χ0n) is 16.3. The Labute approximate surface area is 169 Å². The van der Waals surface area contributed by atoms with E-state index < -0.39 is 0 Å². The van der Waals surface area contributed by atoms with Crippen molar-refractivity contribution in [3.05, 3.63) is 64.1 Å². The van der Waals surface area contributed by atoms with Gasteiger partial charge >= 0.3 is 0 Å². The summed E-state index contributed by atoms with van der Waals surface area (Å²) in [5.41, 5.74) is 3.44. The van der Waals surface area contributed by atoms with Crippen molar-refractivity contribution < 1.29 is 14.7 Å². The number of phenols is 1. The van der Waals surface area contributed by atoms with E-state index in [1.54, 1.807) is 18.2 Å². The minimum atomic E-state index is -0.330. The van der Waals surface area contributed by atoms with Crippen LogP contribution in [0.15, 0.2) is 47.4 Å².